The number of piperidine rings is 1. The quantitative estimate of drug-likeness (QED) is 0.688. The van der Waals surface area contributed by atoms with Gasteiger partial charge < -0.3 is 15.5 Å². The van der Waals surface area contributed by atoms with Crippen LogP contribution in [0.15, 0.2) is 18.2 Å². The molecule has 1 aromatic carbocycles. The van der Waals surface area contributed by atoms with Crippen molar-refractivity contribution in [1.29, 1.82) is 0 Å². The van der Waals surface area contributed by atoms with Gasteiger partial charge in [0.2, 0.25) is 5.91 Å². The van der Waals surface area contributed by atoms with Crippen LogP contribution in [-0.4, -0.2) is 58.7 Å². The lowest BCUT2D eigenvalue weighted by molar-refractivity contribution is -0.134. The van der Waals surface area contributed by atoms with Crippen molar-refractivity contribution >= 4 is 29.4 Å². The van der Waals surface area contributed by atoms with Gasteiger partial charge in [-0.15, -0.1) is 0 Å². The number of hydrogen-bond donors (Lipinski definition) is 2. The van der Waals surface area contributed by atoms with Crippen LogP contribution in [0.5, 0.6) is 0 Å². The van der Waals surface area contributed by atoms with Gasteiger partial charge in [0.15, 0.2) is 0 Å². The van der Waals surface area contributed by atoms with E-state index in [4.69, 9.17) is 0 Å². The highest BCUT2D eigenvalue weighted by Gasteiger charge is 2.56. The minimum Gasteiger partial charge on any atom is -0.338 e. The van der Waals surface area contributed by atoms with Gasteiger partial charge in [0, 0.05) is 24.3 Å². The number of nitrogens with one attached hydrogen (secondary N) is 2. The monoisotopic (exact) mass is 440 g/mol. The summed E-state index contributed by atoms with van der Waals surface area (Å²) in [5.74, 6) is 0.177. The van der Waals surface area contributed by atoms with Crippen LogP contribution < -0.4 is 10.6 Å². The van der Waals surface area contributed by atoms with Gasteiger partial charge in [-0.2, -0.15) is 0 Å². The van der Waals surface area contributed by atoms with Crippen LogP contribution in [0.1, 0.15) is 56.0 Å². The molecule has 3 fully saturated rings. The Bertz CT molecular complexity index is 963. The number of carbonyl (C=O) groups is 4. The third kappa shape index (κ3) is 4.23. The van der Waals surface area contributed by atoms with Gasteiger partial charge in [-0.05, 0) is 68.6 Å². The summed E-state index contributed by atoms with van der Waals surface area (Å²) in [6, 6.07) is 4.72. The molecule has 0 spiro atoms. The molecule has 3 atom stereocenters. The second-order valence-electron chi connectivity index (χ2n) is 10.0. The average molecular weight is 441 g/mol. The lowest BCUT2D eigenvalue weighted by Gasteiger charge is -2.35. The molecule has 1 saturated carbocycles. The topological polar surface area (TPSA) is 98.8 Å². The number of carbonyl (C=O) groups excluding carboxylic acids is 4. The van der Waals surface area contributed by atoms with Crippen molar-refractivity contribution in [2.24, 2.45) is 17.8 Å². The fourth-order valence-corrected chi connectivity index (χ4v) is 5.03. The van der Waals surface area contributed by atoms with E-state index in [1.54, 1.807) is 25.1 Å². The highest BCUT2D eigenvalue weighted by Crippen LogP contribution is 2.42. The standard InChI is InChI=1S/C24H32N4O4/c1-14-9-15(2)12-27(11-14)21(30)17-6-5-16(3)19(10-17)25-20(29)13-28-22(31)24(4,18-7-8-18)26-23(28)32/h5-6,10,14-15,18H,7-9,11-13H2,1-4H3,(H,25,29)(H,26,32). The predicted octanol–water partition coefficient (Wildman–Crippen LogP) is 2.77. The molecule has 0 radical (unpaired) electrons. The maximum atomic E-state index is 13.1. The first kappa shape index (κ1) is 22.3. The molecule has 1 aliphatic carbocycles. The van der Waals surface area contributed by atoms with Gasteiger partial charge in [0.1, 0.15) is 12.1 Å². The summed E-state index contributed by atoms with van der Waals surface area (Å²) in [6.45, 7) is 8.97. The van der Waals surface area contributed by atoms with Crippen LogP contribution in [0.2, 0.25) is 0 Å². The third-order valence-corrected chi connectivity index (χ3v) is 6.91. The van der Waals surface area contributed by atoms with Crippen LogP contribution in [0.3, 0.4) is 0 Å². The normalized spacial score (nSPS) is 28.0. The van der Waals surface area contributed by atoms with Crippen molar-refractivity contribution in [3.8, 4) is 0 Å². The van der Waals surface area contributed by atoms with Crippen molar-refractivity contribution in [1.82, 2.24) is 15.1 Å². The maximum Gasteiger partial charge on any atom is 0.325 e. The number of aryl methyl sites for hydroxylation is 1. The number of anilines is 1. The molecule has 8 nitrogen and oxygen atoms in total. The van der Waals surface area contributed by atoms with Crippen LogP contribution in [0.4, 0.5) is 10.5 Å². The molecule has 2 saturated heterocycles. The van der Waals surface area contributed by atoms with Gasteiger partial charge in [0.05, 0.1) is 0 Å². The van der Waals surface area contributed by atoms with Crippen molar-refractivity contribution in [2.75, 3.05) is 25.0 Å². The lowest BCUT2D eigenvalue weighted by Crippen LogP contribution is -2.46. The Kier molecular flexibility index (Phi) is 5.73. The van der Waals surface area contributed by atoms with E-state index >= 15 is 0 Å². The predicted molar refractivity (Wildman–Crippen MR) is 120 cm³/mol. The summed E-state index contributed by atoms with van der Waals surface area (Å²) in [5.41, 5.74) is 0.914. The van der Waals surface area contributed by atoms with Crippen LogP contribution >= 0.6 is 0 Å². The second kappa shape index (κ2) is 8.22. The molecular weight excluding hydrogens is 408 g/mol. The van der Waals surface area contributed by atoms with Crippen molar-refractivity contribution in [3.63, 3.8) is 0 Å². The fourth-order valence-electron chi connectivity index (χ4n) is 5.03. The van der Waals surface area contributed by atoms with E-state index in [9.17, 15) is 19.2 Å². The summed E-state index contributed by atoms with van der Waals surface area (Å²) in [7, 11) is 0. The molecule has 4 rings (SSSR count). The zero-order valence-electron chi connectivity index (χ0n) is 19.2. The second-order valence-corrected chi connectivity index (χ2v) is 10.0. The van der Waals surface area contributed by atoms with Crippen LogP contribution in [0, 0.1) is 24.7 Å². The largest absolute Gasteiger partial charge is 0.338 e. The maximum absolute atomic E-state index is 13.1. The number of imide groups is 1. The SMILES string of the molecule is Cc1ccc(C(=O)N2CC(C)CC(C)C2)cc1NC(=O)CN1C(=O)NC(C)(C2CC2)C1=O. The lowest BCUT2D eigenvalue weighted by atomic mass is 9.91. The van der Waals surface area contributed by atoms with Crippen molar-refractivity contribution in [2.45, 2.75) is 52.5 Å². The van der Waals surface area contributed by atoms with E-state index in [1.807, 2.05) is 11.8 Å². The Morgan fingerprint density at radius 3 is 2.44 bits per heavy atom. The first-order valence-corrected chi connectivity index (χ1v) is 11.4. The number of rotatable bonds is 5. The minimum absolute atomic E-state index is 0.0480. The molecule has 0 aromatic heterocycles. The first-order chi connectivity index (χ1) is 15.1. The van der Waals surface area contributed by atoms with Crippen molar-refractivity contribution < 1.29 is 19.2 Å². The number of nitrogens with zero attached hydrogens (tertiary/aromatic N) is 2. The number of urea groups is 1. The minimum atomic E-state index is -0.914. The molecule has 3 unspecified atom stereocenters. The van der Waals surface area contributed by atoms with E-state index in [1.165, 1.54) is 0 Å². The molecule has 172 valence electrons. The van der Waals surface area contributed by atoms with E-state index < -0.39 is 17.5 Å². The summed E-state index contributed by atoms with van der Waals surface area (Å²) in [4.78, 5) is 53.7. The zero-order chi connectivity index (χ0) is 23.2. The van der Waals surface area contributed by atoms with Crippen LogP contribution in [0.25, 0.3) is 0 Å². The van der Waals surface area contributed by atoms with E-state index in [0.29, 0.717) is 23.1 Å². The van der Waals surface area contributed by atoms with E-state index in [-0.39, 0.29) is 24.3 Å². The molecule has 3 aliphatic rings. The van der Waals surface area contributed by atoms with E-state index in [0.717, 1.165) is 42.8 Å². The Balaban J connectivity index is 1.44. The van der Waals surface area contributed by atoms with Gasteiger partial charge in [-0.25, -0.2) is 4.79 Å². The molecule has 2 heterocycles. The summed E-state index contributed by atoms with van der Waals surface area (Å²) < 4.78 is 0. The third-order valence-electron chi connectivity index (χ3n) is 6.91. The Morgan fingerprint density at radius 2 is 1.81 bits per heavy atom. The molecule has 5 amide bonds. The van der Waals surface area contributed by atoms with Gasteiger partial charge in [-0.1, -0.05) is 19.9 Å². The van der Waals surface area contributed by atoms with Crippen LogP contribution in [-0.2, 0) is 9.59 Å². The van der Waals surface area contributed by atoms with E-state index in [2.05, 4.69) is 24.5 Å². The fraction of sp³-hybridized carbons (Fsp3) is 0.583. The summed E-state index contributed by atoms with van der Waals surface area (Å²) in [6.07, 6.45) is 2.91. The van der Waals surface area contributed by atoms with Gasteiger partial charge in [0.25, 0.3) is 11.8 Å². The number of likely N-dealkylation sites (tertiary alicyclic amines) is 1. The van der Waals surface area contributed by atoms with Gasteiger partial charge >= 0.3 is 6.03 Å². The van der Waals surface area contributed by atoms with Gasteiger partial charge in [-0.3, -0.25) is 19.3 Å². The molecule has 1 aromatic rings. The highest BCUT2D eigenvalue weighted by atomic mass is 16.2. The first-order valence-electron chi connectivity index (χ1n) is 11.4. The molecule has 0 bridgehead atoms. The Morgan fingerprint density at radius 1 is 1.16 bits per heavy atom. The molecular formula is C24H32N4O4. The summed E-state index contributed by atoms with van der Waals surface area (Å²) >= 11 is 0. The molecule has 2 aliphatic heterocycles. The Labute approximate surface area is 188 Å². The summed E-state index contributed by atoms with van der Waals surface area (Å²) in [5, 5.41) is 5.53. The number of benzene rings is 1. The molecule has 32 heavy (non-hydrogen) atoms. The Hall–Kier alpha value is -2.90. The zero-order valence-corrected chi connectivity index (χ0v) is 19.2. The average Bonchev–Trinajstić information content (AvgIpc) is 3.54. The highest BCUT2D eigenvalue weighted by molar-refractivity contribution is 6.10. The number of hydrogen-bond acceptors (Lipinski definition) is 4. The smallest absolute Gasteiger partial charge is 0.325 e. The number of amides is 5. The van der Waals surface area contributed by atoms with Crippen molar-refractivity contribution in [3.05, 3.63) is 29.3 Å². The molecule has 8 heteroatoms. The molecule has 2 N–H and O–H groups in total.